The smallest absolute Gasteiger partial charge is 0.243 e. The minimum absolute atomic E-state index is 0.0804. The summed E-state index contributed by atoms with van der Waals surface area (Å²) in [4.78, 5) is 28.7. The van der Waals surface area contributed by atoms with E-state index in [-0.39, 0.29) is 30.8 Å². The van der Waals surface area contributed by atoms with Crippen LogP contribution in [0.1, 0.15) is 30.5 Å². The summed E-state index contributed by atoms with van der Waals surface area (Å²) in [5, 5.41) is 3.87. The molecule has 1 N–H and O–H groups in total. The lowest BCUT2D eigenvalue weighted by Gasteiger charge is -2.32. The molecule has 3 rings (SSSR count). The first-order chi connectivity index (χ1) is 16.8. The summed E-state index contributed by atoms with van der Waals surface area (Å²) in [6.45, 7) is 3.90. The molecule has 3 aromatic carbocycles. The summed E-state index contributed by atoms with van der Waals surface area (Å²) in [6.07, 6.45) is 0.474. The lowest BCUT2D eigenvalue weighted by molar-refractivity contribution is -0.141. The van der Waals surface area contributed by atoms with Crippen molar-refractivity contribution in [1.82, 2.24) is 10.2 Å². The Labute approximate surface area is 217 Å². The van der Waals surface area contributed by atoms with Crippen LogP contribution < -0.4 is 10.1 Å². The maximum atomic E-state index is 13.7. The lowest BCUT2D eigenvalue weighted by atomic mass is 10.0. The van der Waals surface area contributed by atoms with Gasteiger partial charge in [0.05, 0.1) is 13.5 Å². The van der Waals surface area contributed by atoms with Gasteiger partial charge in [-0.1, -0.05) is 71.7 Å². The molecule has 1 unspecified atom stereocenters. The maximum Gasteiger partial charge on any atom is 0.243 e. The van der Waals surface area contributed by atoms with Gasteiger partial charge in [0.15, 0.2) is 0 Å². The van der Waals surface area contributed by atoms with Crippen molar-refractivity contribution in [3.05, 3.63) is 99.5 Å². The number of hydrogen-bond donors (Lipinski definition) is 1. The quantitative estimate of drug-likeness (QED) is 0.378. The molecule has 0 aliphatic heterocycles. The van der Waals surface area contributed by atoms with Crippen LogP contribution in [0.5, 0.6) is 5.75 Å². The van der Waals surface area contributed by atoms with Gasteiger partial charge in [-0.15, -0.1) is 0 Å². The standard InChI is InChI=1S/C28H30Cl2N2O3/c1-19(2)31-28(34)26(16-20-8-5-4-6-9-20)32(18-23-24(29)10-7-11-25(23)30)27(33)17-21-12-14-22(35-3)15-13-21/h4-15,19,26H,16-18H2,1-3H3,(H,31,34). The van der Waals surface area contributed by atoms with Crippen molar-refractivity contribution in [2.45, 2.75) is 45.3 Å². The van der Waals surface area contributed by atoms with Gasteiger partial charge in [-0.25, -0.2) is 0 Å². The zero-order valence-corrected chi connectivity index (χ0v) is 21.6. The molecular formula is C28H30Cl2N2O3. The first kappa shape index (κ1) is 26.6. The third-order valence-electron chi connectivity index (χ3n) is 5.61. The second-order valence-electron chi connectivity index (χ2n) is 8.62. The van der Waals surface area contributed by atoms with E-state index in [2.05, 4.69) is 5.32 Å². The number of rotatable bonds is 10. The van der Waals surface area contributed by atoms with Crippen molar-refractivity contribution in [2.24, 2.45) is 0 Å². The van der Waals surface area contributed by atoms with Crippen LogP contribution in [0, 0.1) is 0 Å². The molecule has 3 aromatic rings. The number of carbonyl (C=O) groups excluding carboxylic acids is 2. The van der Waals surface area contributed by atoms with Gasteiger partial charge in [-0.05, 0) is 49.2 Å². The molecule has 0 heterocycles. The normalized spacial score (nSPS) is 11.7. The molecule has 5 nitrogen and oxygen atoms in total. The minimum atomic E-state index is -0.752. The average Bonchev–Trinajstić information content (AvgIpc) is 2.83. The number of carbonyl (C=O) groups is 2. The summed E-state index contributed by atoms with van der Waals surface area (Å²) in [5.74, 6) is 0.278. The molecular weight excluding hydrogens is 483 g/mol. The fourth-order valence-corrected chi connectivity index (χ4v) is 4.32. The van der Waals surface area contributed by atoms with Crippen LogP contribution in [-0.2, 0) is 29.0 Å². The zero-order chi connectivity index (χ0) is 25.4. The molecule has 0 aliphatic carbocycles. The molecule has 0 saturated heterocycles. The van der Waals surface area contributed by atoms with Crippen LogP contribution in [0.2, 0.25) is 10.0 Å². The highest BCUT2D eigenvalue weighted by Crippen LogP contribution is 2.27. The largest absolute Gasteiger partial charge is 0.497 e. The number of hydrogen-bond acceptors (Lipinski definition) is 3. The molecule has 35 heavy (non-hydrogen) atoms. The molecule has 0 spiro atoms. The van der Waals surface area contributed by atoms with Gasteiger partial charge in [0.2, 0.25) is 11.8 Å². The second-order valence-corrected chi connectivity index (χ2v) is 9.43. The lowest BCUT2D eigenvalue weighted by Crippen LogP contribution is -2.52. The number of nitrogens with zero attached hydrogens (tertiary/aromatic N) is 1. The minimum Gasteiger partial charge on any atom is -0.497 e. The third-order valence-corrected chi connectivity index (χ3v) is 6.31. The highest BCUT2D eigenvalue weighted by Gasteiger charge is 2.31. The van der Waals surface area contributed by atoms with Gasteiger partial charge in [-0.2, -0.15) is 0 Å². The molecule has 0 bridgehead atoms. The molecule has 0 fully saturated rings. The highest BCUT2D eigenvalue weighted by atomic mass is 35.5. The van der Waals surface area contributed by atoms with Gasteiger partial charge in [-0.3, -0.25) is 9.59 Å². The Morgan fingerprint density at radius 3 is 2.09 bits per heavy atom. The van der Waals surface area contributed by atoms with Gasteiger partial charge in [0, 0.05) is 34.6 Å². The molecule has 0 saturated carbocycles. The van der Waals surface area contributed by atoms with Crippen molar-refractivity contribution in [1.29, 1.82) is 0 Å². The van der Waals surface area contributed by atoms with E-state index in [1.807, 2.05) is 68.4 Å². The van der Waals surface area contributed by atoms with Gasteiger partial charge >= 0.3 is 0 Å². The Kier molecular flexibility index (Phi) is 9.58. The van der Waals surface area contributed by atoms with E-state index in [0.717, 1.165) is 11.1 Å². The molecule has 7 heteroatoms. The number of ether oxygens (including phenoxy) is 1. The average molecular weight is 513 g/mol. The SMILES string of the molecule is COc1ccc(CC(=O)N(Cc2c(Cl)cccc2Cl)C(Cc2ccccc2)C(=O)NC(C)C)cc1. The molecule has 0 radical (unpaired) electrons. The Hall–Kier alpha value is -3.02. The molecule has 1 atom stereocenters. The summed E-state index contributed by atoms with van der Waals surface area (Å²) in [6, 6.07) is 21.3. The predicted octanol–water partition coefficient (Wildman–Crippen LogP) is 5.71. The first-order valence-corrected chi connectivity index (χ1v) is 12.2. The topological polar surface area (TPSA) is 58.6 Å². The fraction of sp³-hybridized carbons (Fsp3) is 0.286. The van der Waals surface area contributed by atoms with Crippen molar-refractivity contribution < 1.29 is 14.3 Å². The first-order valence-electron chi connectivity index (χ1n) is 11.5. The zero-order valence-electron chi connectivity index (χ0n) is 20.1. The van der Waals surface area contributed by atoms with Crippen molar-refractivity contribution in [2.75, 3.05) is 7.11 Å². The van der Waals surface area contributed by atoms with Crippen LogP contribution in [0.4, 0.5) is 0 Å². The Morgan fingerprint density at radius 1 is 0.886 bits per heavy atom. The van der Waals surface area contributed by atoms with Crippen LogP contribution in [0.25, 0.3) is 0 Å². The summed E-state index contributed by atoms with van der Waals surface area (Å²) in [5.41, 5.74) is 2.37. The van der Waals surface area contributed by atoms with E-state index >= 15 is 0 Å². The van der Waals surface area contributed by atoms with E-state index in [4.69, 9.17) is 27.9 Å². The molecule has 0 aliphatic rings. The van der Waals surface area contributed by atoms with Crippen molar-refractivity contribution in [3.8, 4) is 5.75 Å². The fourth-order valence-electron chi connectivity index (χ4n) is 3.81. The molecule has 184 valence electrons. The van der Waals surface area contributed by atoms with Gasteiger partial charge in [0.25, 0.3) is 0 Å². The number of benzene rings is 3. The van der Waals surface area contributed by atoms with E-state index < -0.39 is 6.04 Å². The van der Waals surface area contributed by atoms with E-state index in [1.165, 1.54) is 0 Å². The van der Waals surface area contributed by atoms with Gasteiger partial charge < -0.3 is 15.0 Å². The second kappa shape index (κ2) is 12.6. The highest BCUT2D eigenvalue weighted by molar-refractivity contribution is 6.36. The predicted molar refractivity (Wildman–Crippen MR) is 141 cm³/mol. The number of methoxy groups -OCH3 is 1. The van der Waals surface area contributed by atoms with E-state index in [1.54, 1.807) is 30.2 Å². The van der Waals surface area contributed by atoms with Crippen molar-refractivity contribution in [3.63, 3.8) is 0 Å². The Balaban J connectivity index is 2.00. The maximum absolute atomic E-state index is 13.7. The van der Waals surface area contributed by atoms with E-state index in [0.29, 0.717) is 27.8 Å². The molecule has 2 amide bonds. The Bertz CT molecular complexity index is 1110. The molecule has 0 aromatic heterocycles. The monoisotopic (exact) mass is 512 g/mol. The number of halogens is 2. The third kappa shape index (κ3) is 7.48. The van der Waals surface area contributed by atoms with Crippen LogP contribution in [-0.4, -0.2) is 35.9 Å². The summed E-state index contributed by atoms with van der Waals surface area (Å²) >= 11 is 12.9. The van der Waals surface area contributed by atoms with Crippen LogP contribution >= 0.6 is 23.2 Å². The Morgan fingerprint density at radius 2 is 1.51 bits per heavy atom. The summed E-state index contributed by atoms with van der Waals surface area (Å²) < 4.78 is 5.22. The number of nitrogens with one attached hydrogen (secondary N) is 1. The van der Waals surface area contributed by atoms with Crippen molar-refractivity contribution >= 4 is 35.0 Å². The number of amides is 2. The van der Waals surface area contributed by atoms with Gasteiger partial charge in [0.1, 0.15) is 11.8 Å². The van der Waals surface area contributed by atoms with Crippen LogP contribution in [0.15, 0.2) is 72.8 Å². The van der Waals surface area contributed by atoms with E-state index in [9.17, 15) is 9.59 Å². The summed E-state index contributed by atoms with van der Waals surface area (Å²) in [7, 11) is 1.59. The van der Waals surface area contributed by atoms with Crippen LogP contribution in [0.3, 0.4) is 0 Å².